The molecule has 35 heavy (non-hydrogen) atoms. The van der Waals surface area contributed by atoms with Gasteiger partial charge in [0.1, 0.15) is 5.82 Å². The highest BCUT2D eigenvalue weighted by molar-refractivity contribution is 7.89. The predicted molar refractivity (Wildman–Crippen MR) is 127 cm³/mol. The highest BCUT2D eigenvalue weighted by atomic mass is 32.2. The number of benzene rings is 2. The molecule has 11 heteroatoms. The van der Waals surface area contributed by atoms with Crippen molar-refractivity contribution in [1.82, 2.24) is 14.5 Å². The zero-order valence-electron chi connectivity index (χ0n) is 19.3. The number of fused-ring (bicyclic) bond motifs is 2. The Hall–Kier alpha value is -3.70. The maximum Gasteiger partial charge on any atom is 0.249 e. The summed E-state index contributed by atoms with van der Waals surface area (Å²) in [4.78, 5) is 24.8. The third-order valence-corrected chi connectivity index (χ3v) is 7.57. The molecule has 0 fully saturated rings. The van der Waals surface area contributed by atoms with E-state index in [1.807, 2.05) is 6.92 Å². The van der Waals surface area contributed by atoms with E-state index in [0.29, 0.717) is 40.3 Å². The third kappa shape index (κ3) is 4.28. The van der Waals surface area contributed by atoms with Crippen LogP contribution in [0.2, 0.25) is 0 Å². The van der Waals surface area contributed by atoms with Crippen LogP contribution in [0.5, 0.6) is 11.5 Å². The van der Waals surface area contributed by atoms with E-state index < -0.39 is 10.0 Å². The molecule has 3 aromatic rings. The summed E-state index contributed by atoms with van der Waals surface area (Å²) in [7, 11) is -3.89. The van der Waals surface area contributed by atoms with Crippen molar-refractivity contribution in [2.24, 2.45) is 0 Å². The molecule has 0 atom stereocenters. The topological polar surface area (TPSA) is 129 Å². The Kier molecular flexibility index (Phi) is 5.81. The van der Waals surface area contributed by atoms with Crippen LogP contribution in [0, 0.1) is 6.92 Å². The number of ether oxygens (including phenoxy) is 2. The lowest BCUT2D eigenvalue weighted by Crippen LogP contribution is -2.24. The number of nitrogens with zero attached hydrogens (tertiary/aromatic N) is 2. The molecule has 2 aromatic carbocycles. The van der Waals surface area contributed by atoms with Gasteiger partial charge in [-0.05, 0) is 48.2 Å². The zero-order chi connectivity index (χ0) is 24.7. The van der Waals surface area contributed by atoms with Gasteiger partial charge in [-0.3, -0.25) is 9.59 Å². The first-order valence-corrected chi connectivity index (χ1v) is 12.7. The molecule has 2 aliphatic heterocycles. The molecule has 1 amide bonds. The lowest BCUT2D eigenvalue weighted by Gasteiger charge is -2.13. The molecule has 0 unspecified atom stereocenters. The van der Waals surface area contributed by atoms with Crippen molar-refractivity contribution in [3.8, 4) is 22.6 Å². The van der Waals surface area contributed by atoms with Crippen LogP contribution >= 0.6 is 0 Å². The van der Waals surface area contributed by atoms with E-state index in [0.717, 1.165) is 5.56 Å². The number of anilines is 1. The van der Waals surface area contributed by atoms with E-state index in [-0.39, 0.29) is 48.7 Å². The predicted octanol–water partition coefficient (Wildman–Crippen LogP) is 3.00. The standard InChI is InChI=1S/C24H24N4O6S/c1-3-17-23(24-26-21(29)8-9-22(30)28(24)27-17)16-6-4-14(2)20(11-16)35(31,32)25-12-15-5-7-18-19(10-15)34-13-33-18/h4-7,10-11,25H,3,8-9,12-13H2,1-2H3,(H,26,29). The van der Waals surface area contributed by atoms with Crippen molar-refractivity contribution >= 4 is 27.7 Å². The van der Waals surface area contributed by atoms with Crippen LogP contribution in [-0.2, 0) is 27.8 Å². The van der Waals surface area contributed by atoms with Gasteiger partial charge in [-0.25, -0.2) is 13.1 Å². The minimum atomic E-state index is -3.89. The third-order valence-electron chi connectivity index (χ3n) is 6.02. The number of hydrogen-bond donors (Lipinski definition) is 2. The number of carbonyl (C=O) groups excluding carboxylic acids is 2. The van der Waals surface area contributed by atoms with Gasteiger partial charge in [0, 0.05) is 24.9 Å². The van der Waals surface area contributed by atoms with Crippen molar-refractivity contribution in [3.05, 3.63) is 53.2 Å². The second-order valence-corrected chi connectivity index (χ2v) is 10.1. The molecular weight excluding hydrogens is 472 g/mol. The number of rotatable bonds is 6. The average Bonchev–Trinajstić information content (AvgIpc) is 3.42. The summed E-state index contributed by atoms with van der Waals surface area (Å²) in [5, 5.41) is 7.17. The SMILES string of the molecule is CCc1nn2c(c1-c1ccc(C)c(S(=O)(=O)NCc3ccc4c(c3)OCO4)c1)NC(=O)CCC2=O. The summed E-state index contributed by atoms with van der Waals surface area (Å²) in [5.41, 5.74) is 2.97. The molecule has 3 heterocycles. The van der Waals surface area contributed by atoms with E-state index in [9.17, 15) is 18.0 Å². The summed E-state index contributed by atoms with van der Waals surface area (Å²) < 4.78 is 41.1. The number of nitrogens with one attached hydrogen (secondary N) is 2. The largest absolute Gasteiger partial charge is 0.454 e. The quantitative estimate of drug-likeness (QED) is 0.537. The van der Waals surface area contributed by atoms with Crippen LogP contribution in [0.3, 0.4) is 0 Å². The molecule has 5 rings (SSSR count). The summed E-state index contributed by atoms with van der Waals surface area (Å²) >= 11 is 0. The molecule has 1 aromatic heterocycles. The molecule has 2 aliphatic rings. The Morgan fingerprint density at radius 1 is 1.09 bits per heavy atom. The van der Waals surface area contributed by atoms with Gasteiger partial charge in [0.25, 0.3) is 0 Å². The Morgan fingerprint density at radius 3 is 2.69 bits per heavy atom. The van der Waals surface area contributed by atoms with E-state index in [2.05, 4.69) is 15.1 Å². The first-order valence-electron chi connectivity index (χ1n) is 11.2. The highest BCUT2D eigenvalue weighted by Gasteiger charge is 2.28. The Morgan fingerprint density at radius 2 is 1.89 bits per heavy atom. The molecule has 0 bridgehead atoms. The van der Waals surface area contributed by atoms with Crippen LogP contribution in [0.15, 0.2) is 41.3 Å². The summed E-state index contributed by atoms with van der Waals surface area (Å²) in [6.07, 6.45) is 0.623. The highest BCUT2D eigenvalue weighted by Crippen LogP contribution is 2.36. The minimum Gasteiger partial charge on any atom is -0.454 e. The van der Waals surface area contributed by atoms with E-state index >= 15 is 0 Å². The fourth-order valence-corrected chi connectivity index (χ4v) is 5.47. The zero-order valence-corrected chi connectivity index (χ0v) is 20.1. The van der Waals surface area contributed by atoms with E-state index in [1.54, 1.807) is 43.3 Å². The van der Waals surface area contributed by atoms with Crippen molar-refractivity contribution in [2.75, 3.05) is 12.1 Å². The van der Waals surface area contributed by atoms with Gasteiger partial charge in [-0.1, -0.05) is 25.1 Å². The number of aromatic nitrogens is 2. The van der Waals surface area contributed by atoms with Crippen LogP contribution in [0.1, 0.15) is 41.4 Å². The lowest BCUT2D eigenvalue weighted by molar-refractivity contribution is -0.116. The van der Waals surface area contributed by atoms with Crippen molar-refractivity contribution in [3.63, 3.8) is 0 Å². The van der Waals surface area contributed by atoms with Crippen molar-refractivity contribution < 1.29 is 27.5 Å². The van der Waals surface area contributed by atoms with Crippen LogP contribution < -0.4 is 19.5 Å². The van der Waals surface area contributed by atoms with Gasteiger partial charge >= 0.3 is 0 Å². The summed E-state index contributed by atoms with van der Waals surface area (Å²) in [5.74, 6) is 0.897. The summed E-state index contributed by atoms with van der Waals surface area (Å²) in [6, 6.07) is 10.3. The van der Waals surface area contributed by atoms with Gasteiger partial charge < -0.3 is 14.8 Å². The molecule has 0 spiro atoms. The molecule has 0 saturated carbocycles. The smallest absolute Gasteiger partial charge is 0.249 e. The number of aryl methyl sites for hydroxylation is 2. The minimum absolute atomic E-state index is 0.0560. The van der Waals surface area contributed by atoms with Gasteiger partial charge in [-0.15, -0.1) is 0 Å². The van der Waals surface area contributed by atoms with Gasteiger partial charge in [0.2, 0.25) is 28.6 Å². The van der Waals surface area contributed by atoms with Gasteiger partial charge in [-0.2, -0.15) is 9.78 Å². The Balaban J connectivity index is 1.49. The average molecular weight is 497 g/mol. The molecule has 2 N–H and O–H groups in total. The number of carbonyl (C=O) groups is 2. The normalized spacial score (nSPS) is 15.0. The Labute approximate surface area is 202 Å². The molecule has 0 aliphatic carbocycles. The number of sulfonamides is 1. The first-order chi connectivity index (χ1) is 16.8. The van der Waals surface area contributed by atoms with E-state index in [1.165, 1.54) is 4.68 Å². The molecule has 182 valence electrons. The molecule has 0 radical (unpaired) electrons. The lowest BCUT2D eigenvalue weighted by atomic mass is 10.0. The molecule has 10 nitrogen and oxygen atoms in total. The second-order valence-electron chi connectivity index (χ2n) is 8.37. The summed E-state index contributed by atoms with van der Waals surface area (Å²) in [6.45, 7) is 3.80. The maximum atomic E-state index is 13.3. The van der Waals surface area contributed by atoms with Crippen molar-refractivity contribution in [2.45, 2.75) is 44.6 Å². The number of hydrogen-bond acceptors (Lipinski definition) is 7. The van der Waals surface area contributed by atoms with Crippen LogP contribution in [0.4, 0.5) is 5.82 Å². The fraction of sp³-hybridized carbons (Fsp3) is 0.292. The maximum absolute atomic E-state index is 13.3. The molecular formula is C24H24N4O6S. The van der Waals surface area contributed by atoms with Crippen molar-refractivity contribution in [1.29, 1.82) is 0 Å². The Bertz CT molecular complexity index is 1460. The fourth-order valence-electron chi connectivity index (χ4n) is 4.18. The van der Waals surface area contributed by atoms with Crippen LogP contribution in [-0.4, -0.2) is 36.8 Å². The van der Waals surface area contributed by atoms with Gasteiger partial charge in [0.05, 0.1) is 10.6 Å². The number of amides is 1. The van der Waals surface area contributed by atoms with Gasteiger partial charge in [0.15, 0.2) is 11.5 Å². The van der Waals surface area contributed by atoms with E-state index in [4.69, 9.17) is 9.47 Å². The molecule has 0 saturated heterocycles. The van der Waals surface area contributed by atoms with Crippen LogP contribution in [0.25, 0.3) is 11.1 Å². The second kappa shape index (κ2) is 8.82. The monoisotopic (exact) mass is 496 g/mol. The first kappa shape index (κ1) is 23.1.